The number of fused-ring (bicyclic) bond motifs is 1. The molecule has 188 valence electrons. The lowest BCUT2D eigenvalue weighted by molar-refractivity contribution is -0.0795. The Hall–Kier alpha value is -4.32. The van der Waals surface area contributed by atoms with Crippen LogP contribution in [0.2, 0.25) is 0 Å². The summed E-state index contributed by atoms with van der Waals surface area (Å²) in [5, 5.41) is 14.4. The molecule has 0 bridgehead atoms. The SMILES string of the molecule is COC(=O)O[C@H]1[C@@H](OC(=O)OC)[C@](C#N)(c2ccc3c(N)ncnn23)O[C@@H]1COC(=O)OC(C)C. The number of nitrogens with zero attached hydrogens (tertiary/aromatic N) is 4. The molecule has 1 aliphatic heterocycles. The predicted octanol–water partition coefficient (Wildman–Crippen LogP) is 1.29. The van der Waals surface area contributed by atoms with E-state index >= 15 is 0 Å². The Morgan fingerprint density at radius 1 is 1.20 bits per heavy atom. The molecule has 2 N–H and O–H groups in total. The van der Waals surface area contributed by atoms with Crippen molar-refractivity contribution >= 4 is 29.8 Å². The predicted molar refractivity (Wildman–Crippen MR) is 112 cm³/mol. The molecule has 1 fully saturated rings. The Morgan fingerprint density at radius 2 is 1.89 bits per heavy atom. The van der Waals surface area contributed by atoms with E-state index in [0.29, 0.717) is 5.52 Å². The topological polar surface area (TPSA) is 196 Å². The number of carbonyl (C=O) groups is 3. The molecule has 0 radical (unpaired) electrons. The molecule has 0 saturated carbocycles. The minimum absolute atomic E-state index is 0.0590. The summed E-state index contributed by atoms with van der Waals surface area (Å²) in [5.41, 5.74) is 4.14. The van der Waals surface area contributed by atoms with Crippen molar-refractivity contribution in [2.24, 2.45) is 0 Å². The van der Waals surface area contributed by atoms with Crippen LogP contribution in [0.3, 0.4) is 0 Å². The first-order valence-electron chi connectivity index (χ1n) is 10.2. The molecular weight excluding hydrogens is 470 g/mol. The highest BCUT2D eigenvalue weighted by atomic mass is 16.8. The van der Waals surface area contributed by atoms with Gasteiger partial charge < -0.3 is 38.9 Å². The van der Waals surface area contributed by atoms with Crippen LogP contribution < -0.4 is 5.73 Å². The molecule has 0 unspecified atom stereocenters. The van der Waals surface area contributed by atoms with Crippen molar-refractivity contribution in [2.75, 3.05) is 26.6 Å². The Kier molecular flexibility index (Phi) is 7.45. The van der Waals surface area contributed by atoms with Gasteiger partial charge in [-0.15, -0.1) is 0 Å². The average Bonchev–Trinajstić information content (AvgIpc) is 3.38. The smallest absolute Gasteiger partial charge is 0.438 e. The second-order valence-corrected chi connectivity index (χ2v) is 7.42. The molecule has 4 atom stereocenters. The molecule has 0 amide bonds. The summed E-state index contributed by atoms with van der Waals surface area (Å²) >= 11 is 0. The Balaban J connectivity index is 2.09. The molecule has 3 heterocycles. The number of anilines is 1. The van der Waals surface area contributed by atoms with Crippen LogP contribution >= 0.6 is 0 Å². The van der Waals surface area contributed by atoms with Gasteiger partial charge in [-0.1, -0.05) is 0 Å². The summed E-state index contributed by atoms with van der Waals surface area (Å²) in [4.78, 5) is 39.9. The van der Waals surface area contributed by atoms with Crippen molar-refractivity contribution in [3.63, 3.8) is 0 Å². The van der Waals surface area contributed by atoms with Gasteiger partial charge in [0.25, 0.3) is 0 Å². The number of hydrogen-bond donors (Lipinski definition) is 1. The van der Waals surface area contributed by atoms with Crippen molar-refractivity contribution < 1.29 is 47.5 Å². The van der Waals surface area contributed by atoms with E-state index in [0.717, 1.165) is 20.5 Å². The van der Waals surface area contributed by atoms with Crippen LogP contribution in [0, 0.1) is 11.3 Å². The van der Waals surface area contributed by atoms with Crippen molar-refractivity contribution in [1.82, 2.24) is 14.6 Å². The zero-order valence-electron chi connectivity index (χ0n) is 19.2. The van der Waals surface area contributed by atoms with Crippen LogP contribution in [0.1, 0.15) is 19.5 Å². The van der Waals surface area contributed by atoms with E-state index in [2.05, 4.69) is 19.6 Å². The summed E-state index contributed by atoms with van der Waals surface area (Å²) in [5.74, 6) is 0.0986. The van der Waals surface area contributed by atoms with Crippen LogP contribution in [0.5, 0.6) is 0 Å². The number of methoxy groups -OCH3 is 2. The van der Waals surface area contributed by atoms with Gasteiger partial charge in [-0.3, -0.25) is 0 Å². The summed E-state index contributed by atoms with van der Waals surface area (Å²) in [6.07, 6.45) is -7.16. The van der Waals surface area contributed by atoms with Gasteiger partial charge in [0.1, 0.15) is 30.6 Å². The Morgan fingerprint density at radius 3 is 2.51 bits per heavy atom. The lowest BCUT2D eigenvalue weighted by atomic mass is 9.92. The highest BCUT2D eigenvalue weighted by molar-refractivity contribution is 5.67. The van der Waals surface area contributed by atoms with Gasteiger partial charge in [-0.05, 0) is 26.0 Å². The molecule has 0 aliphatic carbocycles. The first-order valence-corrected chi connectivity index (χ1v) is 10.2. The molecule has 0 spiro atoms. The number of carbonyl (C=O) groups excluding carboxylic acids is 3. The molecule has 0 aromatic carbocycles. The zero-order chi connectivity index (χ0) is 25.8. The van der Waals surface area contributed by atoms with Crippen LogP contribution in [0.15, 0.2) is 18.5 Å². The quantitative estimate of drug-likeness (QED) is 0.446. The maximum Gasteiger partial charge on any atom is 0.508 e. The van der Waals surface area contributed by atoms with E-state index in [4.69, 9.17) is 29.4 Å². The van der Waals surface area contributed by atoms with Crippen molar-refractivity contribution in [3.05, 3.63) is 24.2 Å². The Labute approximate surface area is 198 Å². The van der Waals surface area contributed by atoms with E-state index in [-0.39, 0.29) is 11.5 Å². The van der Waals surface area contributed by atoms with Crippen LogP contribution in [-0.2, 0) is 38.8 Å². The van der Waals surface area contributed by atoms with Crippen molar-refractivity contribution in [1.29, 1.82) is 5.26 Å². The molecule has 2 aromatic rings. The van der Waals surface area contributed by atoms with Gasteiger partial charge in [0, 0.05) is 0 Å². The van der Waals surface area contributed by atoms with Gasteiger partial charge in [-0.25, -0.2) is 23.9 Å². The minimum Gasteiger partial charge on any atom is -0.438 e. The van der Waals surface area contributed by atoms with Crippen molar-refractivity contribution in [3.8, 4) is 6.07 Å². The summed E-state index contributed by atoms with van der Waals surface area (Å²) in [6.45, 7) is 2.68. The fourth-order valence-corrected chi connectivity index (χ4v) is 3.49. The standard InChI is InChI=1S/C20H23N5O10/c1-10(2)32-19(28)31-7-12-14(33-17(26)29-3)15(34-18(27)30-4)20(8-21,35-12)13-6-5-11-16(22)23-9-24-25(11)13/h5-6,9-10,12,14-15H,7H2,1-4H3,(H2,22,23,24)/t12-,14-,15-,20+/m1/s1. The van der Waals surface area contributed by atoms with Crippen LogP contribution in [0.25, 0.3) is 5.52 Å². The molecule has 2 aromatic heterocycles. The maximum absolute atomic E-state index is 12.1. The fourth-order valence-electron chi connectivity index (χ4n) is 3.49. The fraction of sp³-hybridized carbons (Fsp3) is 0.500. The van der Waals surface area contributed by atoms with Crippen LogP contribution in [-0.4, -0.2) is 78.3 Å². The average molecular weight is 493 g/mol. The monoisotopic (exact) mass is 493 g/mol. The van der Waals surface area contributed by atoms with E-state index in [1.54, 1.807) is 13.8 Å². The van der Waals surface area contributed by atoms with Gasteiger partial charge in [0.05, 0.1) is 26.0 Å². The normalized spacial score (nSPS) is 23.4. The molecule has 1 aliphatic rings. The molecule has 1 saturated heterocycles. The van der Waals surface area contributed by atoms with Gasteiger partial charge in [0.15, 0.2) is 18.0 Å². The van der Waals surface area contributed by atoms with E-state index in [9.17, 15) is 19.6 Å². The summed E-state index contributed by atoms with van der Waals surface area (Å²) in [7, 11) is 2.10. The van der Waals surface area contributed by atoms with Gasteiger partial charge in [-0.2, -0.15) is 10.4 Å². The number of ether oxygens (including phenoxy) is 7. The van der Waals surface area contributed by atoms with Gasteiger partial charge >= 0.3 is 18.5 Å². The minimum atomic E-state index is -2.13. The number of aromatic nitrogens is 3. The number of nitrogen functional groups attached to an aromatic ring is 1. The first kappa shape index (κ1) is 25.3. The molecule has 15 nitrogen and oxygen atoms in total. The molecule has 3 rings (SSSR count). The third-order valence-electron chi connectivity index (χ3n) is 4.92. The van der Waals surface area contributed by atoms with E-state index < -0.39 is 55.1 Å². The molecule has 35 heavy (non-hydrogen) atoms. The van der Waals surface area contributed by atoms with Crippen LogP contribution in [0.4, 0.5) is 20.2 Å². The third-order valence-corrected chi connectivity index (χ3v) is 4.92. The Bertz CT molecular complexity index is 1150. The number of nitrogens with two attached hydrogens (primary N) is 1. The highest BCUT2D eigenvalue weighted by Gasteiger charge is 2.63. The number of nitriles is 1. The zero-order valence-corrected chi connectivity index (χ0v) is 19.2. The summed E-state index contributed by atoms with van der Waals surface area (Å²) in [6, 6.07) is 4.92. The van der Waals surface area contributed by atoms with Gasteiger partial charge in [0.2, 0.25) is 5.60 Å². The van der Waals surface area contributed by atoms with E-state index in [1.807, 2.05) is 6.07 Å². The first-order chi connectivity index (χ1) is 16.7. The lowest BCUT2D eigenvalue weighted by Crippen LogP contribution is -2.46. The highest BCUT2D eigenvalue weighted by Crippen LogP contribution is 2.43. The van der Waals surface area contributed by atoms with Crippen molar-refractivity contribution in [2.45, 2.75) is 43.9 Å². The second-order valence-electron chi connectivity index (χ2n) is 7.42. The third kappa shape index (κ3) is 4.96. The number of hydrogen-bond acceptors (Lipinski definition) is 14. The largest absolute Gasteiger partial charge is 0.508 e. The lowest BCUT2D eigenvalue weighted by Gasteiger charge is -2.27. The van der Waals surface area contributed by atoms with E-state index in [1.165, 1.54) is 16.6 Å². The molecular formula is C20H23N5O10. The second kappa shape index (κ2) is 10.3. The molecule has 15 heteroatoms. The summed E-state index contributed by atoms with van der Waals surface area (Å²) < 4.78 is 37.0. The number of rotatable bonds is 6. The maximum atomic E-state index is 12.1.